The Labute approximate surface area is 277 Å². The van der Waals surface area contributed by atoms with E-state index in [1.165, 1.54) is 17.0 Å². The van der Waals surface area contributed by atoms with Gasteiger partial charge in [-0.2, -0.15) is 0 Å². The van der Waals surface area contributed by atoms with Gasteiger partial charge in [0.05, 0.1) is 23.6 Å². The number of anilines is 1. The third kappa shape index (κ3) is 6.27. The van der Waals surface area contributed by atoms with Gasteiger partial charge < -0.3 is 24.8 Å². The predicted molar refractivity (Wildman–Crippen MR) is 183 cm³/mol. The van der Waals surface area contributed by atoms with Gasteiger partial charge in [-0.25, -0.2) is 0 Å². The van der Waals surface area contributed by atoms with Crippen LogP contribution in [0.3, 0.4) is 0 Å². The summed E-state index contributed by atoms with van der Waals surface area (Å²) < 4.78 is 7.07. The Morgan fingerprint density at radius 2 is 1.80 bits per heavy atom. The first kappa shape index (κ1) is 32.5. The molecule has 236 valence electrons. The second-order valence-corrected chi connectivity index (χ2v) is 13.6. The number of hydrogen-bond acceptors (Lipinski definition) is 7. The van der Waals surface area contributed by atoms with Crippen LogP contribution in [-0.4, -0.2) is 52.3 Å². The van der Waals surface area contributed by atoms with E-state index in [1.54, 1.807) is 24.3 Å². The van der Waals surface area contributed by atoms with E-state index in [0.29, 0.717) is 30.5 Å². The molecule has 4 N–H and O–H groups in total. The molecule has 3 aromatic rings. The first-order chi connectivity index (χ1) is 22.0. The molecule has 3 aromatic carbocycles. The Balaban J connectivity index is 1.34. The van der Waals surface area contributed by atoms with Crippen LogP contribution in [0.15, 0.2) is 88.4 Å². The third-order valence-corrected chi connectivity index (χ3v) is 10.0. The minimum Gasteiger partial charge on any atom is -0.507 e. The summed E-state index contributed by atoms with van der Waals surface area (Å²) in [5.74, 6) is -2.01. The number of halogens is 1. The van der Waals surface area contributed by atoms with E-state index in [2.05, 4.69) is 29.8 Å². The van der Waals surface area contributed by atoms with Crippen molar-refractivity contribution in [3.8, 4) is 5.75 Å². The third-order valence-electron chi connectivity index (χ3n) is 9.51. The van der Waals surface area contributed by atoms with Crippen molar-refractivity contribution >= 4 is 64.8 Å². The van der Waals surface area contributed by atoms with Gasteiger partial charge >= 0.3 is 14.2 Å². The fourth-order valence-electron chi connectivity index (χ4n) is 7.40. The lowest BCUT2D eigenvalue weighted by molar-refractivity contribution is -0.122. The summed E-state index contributed by atoms with van der Waals surface area (Å²) in [5, 5.41) is 41.0. The van der Waals surface area contributed by atoms with Gasteiger partial charge in [0.2, 0.25) is 11.8 Å². The van der Waals surface area contributed by atoms with E-state index in [9.17, 15) is 29.8 Å². The average molecular weight is 684 g/mol. The van der Waals surface area contributed by atoms with Crippen LogP contribution in [0.1, 0.15) is 44.2 Å². The van der Waals surface area contributed by atoms with Gasteiger partial charge in [-0.1, -0.05) is 77.8 Å². The maximum atomic E-state index is 14.1. The van der Waals surface area contributed by atoms with Crippen molar-refractivity contribution in [1.82, 2.24) is 0 Å². The second-order valence-electron chi connectivity index (χ2n) is 12.7. The number of nitrogens with zero attached hydrogens (tertiary/aromatic N) is 1. The molecule has 0 radical (unpaired) electrons. The molecule has 2 heterocycles. The van der Waals surface area contributed by atoms with Gasteiger partial charge in [0.1, 0.15) is 5.75 Å². The molecule has 6 rings (SSSR count). The van der Waals surface area contributed by atoms with E-state index >= 15 is 0 Å². The predicted octanol–water partition coefficient (Wildman–Crippen LogP) is 4.81. The van der Waals surface area contributed by atoms with Crippen molar-refractivity contribution < 1.29 is 34.4 Å². The molecule has 8 nitrogen and oxygen atoms in total. The highest BCUT2D eigenvalue weighted by Gasteiger charge is 2.57. The molecular formula is C35H36B2BrNO7. The SMILES string of the molecule is CC(C)C1=C2[C@@H](CC/C(=C/c3cc(Br)ccc3O)c3ccccc3)OB(O)C[C@@H]2[C@@H]2C(=O)N(c3cccc(B(O)O)c3)C(=O)[C@@H]2C1. The summed E-state index contributed by atoms with van der Waals surface area (Å²) in [6.45, 7) is 4.16. The lowest BCUT2D eigenvalue weighted by Gasteiger charge is -2.44. The summed E-state index contributed by atoms with van der Waals surface area (Å²) in [4.78, 5) is 29.1. The molecule has 0 spiro atoms. The van der Waals surface area contributed by atoms with Gasteiger partial charge in [-0.05, 0) is 96.0 Å². The number of amides is 2. The van der Waals surface area contributed by atoms with E-state index in [1.807, 2.05) is 42.5 Å². The van der Waals surface area contributed by atoms with Crippen LogP contribution in [0.25, 0.3) is 11.6 Å². The van der Waals surface area contributed by atoms with E-state index in [-0.39, 0.29) is 41.2 Å². The summed E-state index contributed by atoms with van der Waals surface area (Å²) in [6, 6.07) is 21.4. The standard InChI is InChI=1S/C35H36B2BrNO7/c1-20(2)27-18-28-33(35(42)39(34(28)41)26-10-6-9-24(17-26)37(44)45)29-19-36(43)46-31(32(27)29)14-11-22(21-7-4-3-5-8-21)15-23-16-25(38)12-13-30(23)40/h3-10,12-13,15-17,20,28-29,31,33,40,43-45H,11,14,18-19H2,1-2H3/b22-15-/t28-,29+,31-,33-/m1/s1. The van der Waals surface area contributed by atoms with Crippen LogP contribution in [-0.2, 0) is 14.2 Å². The van der Waals surface area contributed by atoms with Crippen LogP contribution in [0.2, 0.25) is 6.32 Å². The minimum atomic E-state index is -1.73. The number of aromatic hydroxyl groups is 1. The Morgan fingerprint density at radius 3 is 2.52 bits per heavy atom. The number of benzene rings is 3. The number of imide groups is 1. The number of allylic oxidation sites excluding steroid dienone is 2. The lowest BCUT2D eigenvalue weighted by Crippen LogP contribution is -2.46. The fraction of sp³-hybridized carbons (Fsp3) is 0.314. The maximum Gasteiger partial charge on any atom is 0.488 e. The highest BCUT2D eigenvalue weighted by molar-refractivity contribution is 9.10. The molecule has 4 atom stereocenters. The highest BCUT2D eigenvalue weighted by Crippen LogP contribution is 2.52. The van der Waals surface area contributed by atoms with Gasteiger partial charge in [-0.3, -0.25) is 14.5 Å². The van der Waals surface area contributed by atoms with E-state index in [0.717, 1.165) is 26.8 Å². The van der Waals surface area contributed by atoms with Crippen LogP contribution in [0.5, 0.6) is 5.75 Å². The molecule has 2 aliphatic heterocycles. The zero-order valence-electron chi connectivity index (χ0n) is 25.7. The lowest BCUT2D eigenvalue weighted by atomic mass is 9.57. The zero-order chi connectivity index (χ0) is 32.7. The van der Waals surface area contributed by atoms with Crippen molar-refractivity contribution in [2.75, 3.05) is 4.90 Å². The first-order valence-corrected chi connectivity index (χ1v) is 16.5. The zero-order valence-corrected chi connectivity index (χ0v) is 27.3. The van der Waals surface area contributed by atoms with Gasteiger partial charge in [0.15, 0.2) is 0 Å². The Hall–Kier alpha value is -3.47. The summed E-state index contributed by atoms with van der Waals surface area (Å²) >= 11 is 3.50. The first-order valence-electron chi connectivity index (χ1n) is 15.7. The molecule has 2 amide bonds. The molecule has 0 saturated carbocycles. The second kappa shape index (κ2) is 13.3. The fourth-order valence-corrected chi connectivity index (χ4v) is 7.77. The van der Waals surface area contributed by atoms with E-state index in [4.69, 9.17) is 4.65 Å². The maximum absolute atomic E-state index is 14.1. The average Bonchev–Trinajstić information content (AvgIpc) is 3.29. The topological polar surface area (TPSA) is 128 Å². The number of phenols is 1. The molecule has 0 aromatic heterocycles. The summed E-state index contributed by atoms with van der Waals surface area (Å²) in [7, 11) is -2.83. The molecule has 1 aliphatic carbocycles. The molecule has 0 bridgehead atoms. The molecule has 3 aliphatic rings. The molecule has 46 heavy (non-hydrogen) atoms. The number of carbonyl (C=O) groups is 2. The number of fused-ring (bicyclic) bond motifs is 3. The monoisotopic (exact) mass is 683 g/mol. The van der Waals surface area contributed by atoms with Crippen molar-refractivity contribution in [2.45, 2.75) is 45.5 Å². The van der Waals surface area contributed by atoms with E-state index < -0.39 is 32.2 Å². The van der Waals surface area contributed by atoms with Crippen molar-refractivity contribution in [3.63, 3.8) is 0 Å². The van der Waals surface area contributed by atoms with Gasteiger partial charge in [0, 0.05) is 10.0 Å². The number of carbonyl (C=O) groups excluding carboxylic acids is 2. The van der Waals surface area contributed by atoms with Crippen LogP contribution in [0.4, 0.5) is 5.69 Å². The smallest absolute Gasteiger partial charge is 0.488 e. The highest BCUT2D eigenvalue weighted by atomic mass is 79.9. The Morgan fingerprint density at radius 1 is 1.04 bits per heavy atom. The van der Waals surface area contributed by atoms with Crippen LogP contribution >= 0.6 is 15.9 Å². The molecule has 11 heteroatoms. The van der Waals surface area contributed by atoms with Crippen molar-refractivity contribution in [2.24, 2.45) is 23.7 Å². The normalized spacial score (nSPS) is 23.2. The molecule has 2 saturated heterocycles. The summed E-state index contributed by atoms with van der Waals surface area (Å²) in [6.07, 6.45) is 3.21. The Kier molecular flexibility index (Phi) is 9.41. The van der Waals surface area contributed by atoms with Crippen molar-refractivity contribution in [3.05, 3.63) is 99.5 Å². The Bertz CT molecular complexity index is 1710. The quantitative estimate of drug-likeness (QED) is 0.116. The van der Waals surface area contributed by atoms with Crippen LogP contribution in [0, 0.1) is 23.7 Å². The molecular weight excluding hydrogens is 648 g/mol. The van der Waals surface area contributed by atoms with Gasteiger partial charge in [0.25, 0.3) is 0 Å². The summed E-state index contributed by atoms with van der Waals surface area (Å²) in [5.41, 5.74) is 5.24. The molecule has 0 unspecified atom stereocenters. The van der Waals surface area contributed by atoms with Crippen LogP contribution < -0.4 is 10.4 Å². The number of phenolic OH excluding ortho intramolecular Hbond substituents is 1. The number of rotatable bonds is 8. The number of hydrogen-bond donors (Lipinski definition) is 4. The van der Waals surface area contributed by atoms with Gasteiger partial charge in [-0.15, -0.1) is 0 Å². The van der Waals surface area contributed by atoms with Crippen molar-refractivity contribution in [1.29, 1.82) is 0 Å². The largest absolute Gasteiger partial charge is 0.507 e. The minimum absolute atomic E-state index is 0.0901. The molecule has 2 fully saturated rings.